The number of benzene rings is 1. The Morgan fingerprint density at radius 3 is 2.56 bits per heavy atom. The lowest BCUT2D eigenvalue weighted by molar-refractivity contribution is -0.118. The zero-order chi connectivity index (χ0) is 27.6. The van der Waals surface area contributed by atoms with Gasteiger partial charge in [-0.05, 0) is 24.3 Å². The maximum absolute atomic E-state index is 12.3. The summed E-state index contributed by atoms with van der Waals surface area (Å²) >= 11 is 1.76. The van der Waals surface area contributed by atoms with Crippen molar-refractivity contribution >= 4 is 46.2 Å². The molecular weight excluding hydrogens is 514 g/mol. The van der Waals surface area contributed by atoms with Gasteiger partial charge in [0.15, 0.2) is 0 Å². The fraction of sp³-hybridized carbons (Fsp3) is 0.296. The van der Waals surface area contributed by atoms with E-state index >= 15 is 0 Å². The van der Waals surface area contributed by atoms with E-state index in [-0.39, 0.29) is 17.1 Å². The Balaban J connectivity index is 1.39. The van der Waals surface area contributed by atoms with Crippen molar-refractivity contribution < 1.29 is 9.59 Å². The predicted octanol–water partition coefficient (Wildman–Crippen LogP) is 2.78. The topological polar surface area (TPSA) is 147 Å². The Hall–Kier alpha value is -4.32. The van der Waals surface area contributed by atoms with Crippen LogP contribution in [0.4, 0.5) is 11.8 Å². The van der Waals surface area contributed by atoms with Crippen LogP contribution >= 0.6 is 11.8 Å². The maximum atomic E-state index is 12.3. The van der Waals surface area contributed by atoms with Crippen molar-refractivity contribution in [2.45, 2.75) is 18.6 Å². The Kier molecular flexibility index (Phi) is 9.57. The minimum Gasteiger partial charge on any atom is -0.369 e. The van der Waals surface area contributed by atoms with Crippen molar-refractivity contribution in [2.75, 3.05) is 43.6 Å². The average Bonchev–Trinajstić information content (AvgIpc) is 2.97. The molecule has 11 nitrogen and oxygen atoms in total. The van der Waals surface area contributed by atoms with Gasteiger partial charge in [0.25, 0.3) is 5.91 Å². The molecule has 0 aliphatic carbocycles. The minimum absolute atomic E-state index is 0.0767. The van der Waals surface area contributed by atoms with Crippen LogP contribution in [0.3, 0.4) is 0 Å². The third-order valence-electron chi connectivity index (χ3n) is 6.01. The number of pyridine rings is 1. The van der Waals surface area contributed by atoms with Crippen molar-refractivity contribution in [1.29, 1.82) is 0 Å². The molecule has 12 heteroatoms. The van der Waals surface area contributed by atoms with Crippen LogP contribution in [0.2, 0.25) is 0 Å². The summed E-state index contributed by atoms with van der Waals surface area (Å²) in [6.07, 6.45) is 9.45. The highest BCUT2D eigenvalue weighted by atomic mass is 32.2. The van der Waals surface area contributed by atoms with Gasteiger partial charge in [0.1, 0.15) is 12.1 Å². The van der Waals surface area contributed by atoms with Crippen LogP contribution < -0.4 is 21.3 Å². The second kappa shape index (κ2) is 13.5. The predicted molar refractivity (Wildman–Crippen MR) is 155 cm³/mol. The van der Waals surface area contributed by atoms with E-state index in [1.807, 2.05) is 18.2 Å². The number of rotatable bonds is 12. The number of anilines is 2. The summed E-state index contributed by atoms with van der Waals surface area (Å²) in [6, 6.07) is 9.58. The van der Waals surface area contributed by atoms with Gasteiger partial charge < -0.3 is 21.3 Å². The molecule has 0 spiro atoms. The highest BCUT2D eigenvalue weighted by molar-refractivity contribution is 7.99. The Labute approximate surface area is 231 Å². The van der Waals surface area contributed by atoms with Gasteiger partial charge in [-0.15, -0.1) is 0 Å². The van der Waals surface area contributed by atoms with Crippen LogP contribution in [0.25, 0.3) is 22.2 Å². The highest BCUT2D eigenvalue weighted by Crippen LogP contribution is 2.24. The van der Waals surface area contributed by atoms with Crippen LogP contribution in [0.1, 0.15) is 22.8 Å². The average molecular weight is 546 g/mol. The Bertz CT molecular complexity index is 1430. The lowest BCUT2D eigenvalue weighted by Crippen LogP contribution is -2.26. The Morgan fingerprint density at radius 1 is 1.00 bits per heavy atom. The number of aromatic nitrogens is 5. The first-order chi connectivity index (χ1) is 19.0. The molecule has 2 amide bonds. The number of fused-ring (bicyclic) bond motifs is 1. The van der Waals surface area contributed by atoms with Gasteiger partial charge in [0, 0.05) is 74.5 Å². The first-order valence-electron chi connectivity index (χ1n) is 12.5. The number of para-hydroxylation sites is 1. The third-order valence-corrected chi connectivity index (χ3v) is 7.01. The van der Waals surface area contributed by atoms with Gasteiger partial charge >= 0.3 is 0 Å². The molecule has 0 saturated carbocycles. The van der Waals surface area contributed by atoms with E-state index in [0.717, 1.165) is 28.5 Å². The van der Waals surface area contributed by atoms with Crippen LogP contribution in [-0.2, 0) is 11.2 Å². The summed E-state index contributed by atoms with van der Waals surface area (Å²) < 4.78 is 0. The molecule has 0 fully saturated rings. The van der Waals surface area contributed by atoms with Crippen molar-refractivity contribution in [3.63, 3.8) is 0 Å². The number of amides is 2. The fourth-order valence-corrected chi connectivity index (χ4v) is 4.61. The first kappa shape index (κ1) is 27.7. The summed E-state index contributed by atoms with van der Waals surface area (Å²) in [4.78, 5) is 45.2. The molecule has 3 heterocycles. The number of hydrogen-bond donors (Lipinski definition) is 4. The molecule has 1 unspecified atom stereocenters. The van der Waals surface area contributed by atoms with Crippen LogP contribution in [0.5, 0.6) is 0 Å². The van der Waals surface area contributed by atoms with E-state index < -0.39 is 0 Å². The summed E-state index contributed by atoms with van der Waals surface area (Å²) in [7, 11) is 1.63. The summed E-state index contributed by atoms with van der Waals surface area (Å²) in [5.41, 5.74) is 4.02. The molecular formula is C27H31N9O2S. The molecule has 4 aromatic rings. The van der Waals surface area contributed by atoms with Gasteiger partial charge in [0.2, 0.25) is 11.9 Å². The van der Waals surface area contributed by atoms with E-state index in [4.69, 9.17) is 0 Å². The largest absolute Gasteiger partial charge is 0.369 e. The van der Waals surface area contributed by atoms with Crippen molar-refractivity contribution in [1.82, 2.24) is 35.6 Å². The summed E-state index contributed by atoms with van der Waals surface area (Å²) in [6.45, 7) is 3.18. The van der Waals surface area contributed by atoms with Gasteiger partial charge in [-0.25, -0.2) is 19.9 Å². The molecule has 0 aliphatic rings. The van der Waals surface area contributed by atoms with Crippen LogP contribution in [0.15, 0.2) is 55.2 Å². The number of thioether (sulfide) groups is 1. The van der Waals surface area contributed by atoms with Crippen LogP contribution in [-0.4, -0.2) is 74.9 Å². The monoisotopic (exact) mass is 545 g/mol. The molecule has 0 radical (unpaired) electrons. The zero-order valence-corrected chi connectivity index (χ0v) is 22.9. The van der Waals surface area contributed by atoms with Gasteiger partial charge in [-0.2, -0.15) is 11.8 Å². The van der Waals surface area contributed by atoms with E-state index in [2.05, 4.69) is 58.5 Å². The number of carbonyl (C=O) groups is 2. The SMILES string of the molecule is CNC(=O)c1ccnc2c(CC(CNc3cc(-c4cnc(NCCNC(C)=O)nc4)ncn3)SC)cccc12. The lowest BCUT2D eigenvalue weighted by atomic mass is 10.0. The van der Waals surface area contributed by atoms with E-state index in [9.17, 15) is 9.59 Å². The quantitative estimate of drug-likeness (QED) is 0.196. The molecule has 4 N–H and O–H groups in total. The van der Waals surface area contributed by atoms with E-state index in [1.54, 1.807) is 43.5 Å². The Morgan fingerprint density at radius 2 is 1.82 bits per heavy atom. The summed E-state index contributed by atoms with van der Waals surface area (Å²) in [5.74, 6) is 0.979. The molecule has 0 saturated heterocycles. The van der Waals surface area contributed by atoms with E-state index in [0.29, 0.717) is 42.7 Å². The second-order valence-corrected chi connectivity index (χ2v) is 9.83. The molecule has 39 heavy (non-hydrogen) atoms. The molecule has 4 rings (SSSR count). The van der Waals surface area contributed by atoms with Crippen molar-refractivity contribution in [3.8, 4) is 11.3 Å². The minimum atomic E-state index is -0.125. The number of nitrogens with one attached hydrogen (secondary N) is 4. The summed E-state index contributed by atoms with van der Waals surface area (Å²) in [5, 5.41) is 13.0. The van der Waals surface area contributed by atoms with Crippen molar-refractivity contribution in [2.24, 2.45) is 0 Å². The zero-order valence-electron chi connectivity index (χ0n) is 22.1. The van der Waals surface area contributed by atoms with Gasteiger partial charge in [-0.1, -0.05) is 18.2 Å². The fourth-order valence-electron chi connectivity index (χ4n) is 4.01. The highest BCUT2D eigenvalue weighted by Gasteiger charge is 2.15. The smallest absolute Gasteiger partial charge is 0.251 e. The molecule has 202 valence electrons. The molecule has 0 aliphatic heterocycles. The van der Waals surface area contributed by atoms with Crippen molar-refractivity contribution in [3.05, 3.63) is 66.4 Å². The number of hydrogen-bond acceptors (Lipinski definition) is 10. The number of nitrogens with zero attached hydrogens (tertiary/aromatic N) is 5. The maximum Gasteiger partial charge on any atom is 0.251 e. The third kappa shape index (κ3) is 7.38. The normalized spacial score (nSPS) is 11.6. The lowest BCUT2D eigenvalue weighted by Gasteiger charge is -2.17. The molecule has 1 aromatic carbocycles. The molecule has 0 bridgehead atoms. The molecule has 3 aromatic heterocycles. The standard InChI is InChI=1S/C27H31N9O2S/c1-17(37)29-9-10-31-27-33-13-19(14-34-27)23-12-24(36-16-35-23)32-15-20(39-3)11-18-5-4-6-21-22(26(38)28-2)7-8-30-25(18)21/h4-8,12-14,16,20H,9-11,15H2,1-3H3,(H,28,38)(H,29,37)(H,31,33,34)(H,32,35,36). The van der Waals surface area contributed by atoms with E-state index in [1.165, 1.54) is 13.3 Å². The second-order valence-electron chi connectivity index (χ2n) is 8.69. The first-order valence-corrected chi connectivity index (χ1v) is 13.8. The van der Waals surface area contributed by atoms with Crippen LogP contribution in [0, 0.1) is 0 Å². The number of carbonyl (C=O) groups excluding carboxylic acids is 2. The van der Waals surface area contributed by atoms with Gasteiger partial charge in [0.05, 0.1) is 16.8 Å². The molecule has 1 atom stereocenters. The van der Waals surface area contributed by atoms with Gasteiger partial charge in [-0.3, -0.25) is 14.6 Å².